The maximum Gasteiger partial charge on any atom is 0.270 e. The van der Waals surface area contributed by atoms with Gasteiger partial charge in [-0.2, -0.15) is 0 Å². The van der Waals surface area contributed by atoms with Crippen LogP contribution in [0.4, 0.5) is 0 Å². The first kappa shape index (κ1) is 13.8. The molecule has 0 saturated carbocycles. The minimum absolute atomic E-state index is 0.0649. The van der Waals surface area contributed by atoms with Crippen molar-refractivity contribution in [3.05, 3.63) is 17.0 Å². The third-order valence-electron chi connectivity index (χ3n) is 2.91. The fourth-order valence-electron chi connectivity index (χ4n) is 1.99. The molecular formula is C11H14ClNO3S2. The fourth-order valence-corrected chi connectivity index (χ4v) is 4.10. The predicted molar refractivity (Wildman–Crippen MR) is 71.5 cm³/mol. The van der Waals surface area contributed by atoms with Crippen LogP contribution in [0.25, 0.3) is 0 Å². The third-order valence-corrected chi connectivity index (χ3v) is 6.09. The number of hydrogen-bond acceptors (Lipinski definition) is 4. The molecule has 2 rings (SSSR count). The molecule has 0 unspecified atom stereocenters. The minimum Gasteiger partial charge on any atom is -0.342 e. The number of carbonyl (C=O) groups excluding carboxylic acids is 1. The van der Waals surface area contributed by atoms with Gasteiger partial charge in [-0.1, -0.05) is 0 Å². The van der Waals surface area contributed by atoms with Gasteiger partial charge in [0.1, 0.15) is 4.21 Å². The first-order valence-electron chi connectivity index (χ1n) is 5.78. The van der Waals surface area contributed by atoms with Gasteiger partial charge >= 0.3 is 0 Å². The zero-order chi connectivity index (χ0) is 13.2. The SMILES string of the molecule is O=C(Cc1ccc(S(=O)(=O)Cl)s1)N1CCCCC1. The quantitative estimate of drug-likeness (QED) is 0.805. The topological polar surface area (TPSA) is 54.5 Å². The number of halogens is 1. The van der Waals surface area contributed by atoms with Gasteiger partial charge in [-0.15, -0.1) is 11.3 Å². The average Bonchev–Trinajstić information content (AvgIpc) is 2.78. The number of piperidine rings is 1. The Kier molecular flexibility index (Phi) is 4.29. The summed E-state index contributed by atoms with van der Waals surface area (Å²) in [5.74, 6) is 0.0649. The largest absolute Gasteiger partial charge is 0.342 e. The average molecular weight is 308 g/mol. The van der Waals surface area contributed by atoms with Crippen LogP contribution in [0.3, 0.4) is 0 Å². The Morgan fingerprint density at radius 1 is 1.28 bits per heavy atom. The zero-order valence-corrected chi connectivity index (χ0v) is 12.2. The molecule has 4 nitrogen and oxygen atoms in total. The highest BCUT2D eigenvalue weighted by Gasteiger charge is 2.19. The van der Waals surface area contributed by atoms with Crippen LogP contribution in [-0.2, 0) is 20.3 Å². The second-order valence-electron chi connectivity index (χ2n) is 4.28. The Morgan fingerprint density at radius 2 is 1.94 bits per heavy atom. The van der Waals surface area contributed by atoms with E-state index in [0.717, 1.165) is 42.1 Å². The molecular weight excluding hydrogens is 294 g/mol. The Bertz CT molecular complexity index is 532. The lowest BCUT2D eigenvalue weighted by Crippen LogP contribution is -2.36. The number of likely N-dealkylation sites (tertiary alicyclic amines) is 1. The molecule has 1 aliphatic rings. The lowest BCUT2D eigenvalue weighted by atomic mass is 10.1. The number of amides is 1. The van der Waals surface area contributed by atoms with Gasteiger partial charge < -0.3 is 4.90 Å². The van der Waals surface area contributed by atoms with Gasteiger partial charge in [0.05, 0.1) is 6.42 Å². The number of thiophene rings is 1. The molecule has 0 aromatic carbocycles. The maximum atomic E-state index is 12.0. The summed E-state index contributed by atoms with van der Waals surface area (Å²) >= 11 is 1.06. The predicted octanol–water partition coefficient (Wildman–Crippen LogP) is 2.23. The van der Waals surface area contributed by atoms with E-state index in [4.69, 9.17) is 10.7 Å². The van der Waals surface area contributed by atoms with E-state index in [0.29, 0.717) is 0 Å². The summed E-state index contributed by atoms with van der Waals surface area (Å²) in [6.07, 6.45) is 3.55. The number of carbonyl (C=O) groups is 1. The van der Waals surface area contributed by atoms with Crippen molar-refractivity contribution in [2.24, 2.45) is 0 Å². The number of rotatable bonds is 3. The van der Waals surface area contributed by atoms with Gasteiger partial charge in [0.15, 0.2) is 0 Å². The summed E-state index contributed by atoms with van der Waals surface area (Å²) in [5.41, 5.74) is 0. The van der Waals surface area contributed by atoms with Gasteiger partial charge in [0, 0.05) is 28.6 Å². The molecule has 0 N–H and O–H groups in total. The molecule has 0 radical (unpaired) electrons. The van der Waals surface area contributed by atoms with E-state index < -0.39 is 9.05 Å². The van der Waals surface area contributed by atoms with Gasteiger partial charge in [-0.05, 0) is 31.4 Å². The summed E-state index contributed by atoms with van der Waals surface area (Å²) in [4.78, 5) is 14.6. The Morgan fingerprint density at radius 3 is 2.50 bits per heavy atom. The zero-order valence-electron chi connectivity index (χ0n) is 9.76. The number of hydrogen-bond donors (Lipinski definition) is 0. The van der Waals surface area contributed by atoms with E-state index in [-0.39, 0.29) is 16.5 Å². The van der Waals surface area contributed by atoms with Gasteiger partial charge in [0.25, 0.3) is 9.05 Å². The maximum absolute atomic E-state index is 12.0. The van der Waals surface area contributed by atoms with Crippen LogP contribution in [0.1, 0.15) is 24.1 Å². The molecule has 2 heterocycles. The summed E-state index contributed by atoms with van der Waals surface area (Å²) in [5, 5.41) is 0. The summed E-state index contributed by atoms with van der Waals surface area (Å²) in [7, 11) is 1.57. The summed E-state index contributed by atoms with van der Waals surface area (Å²) < 4.78 is 22.3. The first-order chi connectivity index (χ1) is 8.47. The van der Waals surface area contributed by atoms with Gasteiger partial charge in [0.2, 0.25) is 5.91 Å². The highest BCUT2D eigenvalue weighted by Crippen LogP contribution is 2.25. The fraction of sp³-hybridized carbons (Fsp3) is 0.545. The van der Waals surface area contributed by atoms with Crippen molar-refractivity contribution < 1.29 is 13.2 Å². The molecule has 1 aromatic heterocycles. The Balaban J connectivity index is 2.01. The highest BCUT2D eigenvalue weighted by atomic mass is 35.7. The molecule has 0 aliphatic carbocycles. The van der Waals surface area contributed by atoms with Crippen molar-refractivity contribution in [3.8, 4) is 0 Å². The van der Waals surface area contributed by atoms with E-state index in [9.17, 15) is 13.2 Å². The van der Waals surface area contributed by atoms with Crippen LogP contribution < -0.4 is 0 Å². The lowest BCUT2D eigenvalue weighted by Gasteiger charge is -2.26. The first-order valence-corrected chi connectivity index (χ1v) is 8.90. The van der Waals surface area contributed by atoms with Crippen LogP contribution >= 0.6 is 22.0 Å². The molecule has 0 spiro atoms. The third kappa shape index (κ3) is 3.46. The molecule has 0 bridgehead atoms. The van der Waals surface area contributed by atoms with Crippen LogP contribution in [0.15, 0.2) is 16.3 Å². The normalized spacial score (nSPS) is 16.8. The van der Waals surface area contributed by atoms with Crippen molar-refractivity contribution in [3.63, 3.8) is 0 Å². The molecule has 18 heavy (non-hydrogen) atoms. The van der Waals surface area contributed by atoms with Gasteiger partial charge in [-0.3, -0.25) is 4.79 Å². The van der Waals surface area contributed by atoms with Crippen LogP contribution in [-0.4, -0.2) is 32.3 Å². The van der Waals surface area contributed by atoms with Crippen molar-refractivity contribution >= 4 is 37.0 Å². The van der Waals surface area contributed by atoms with Crippen LogP contribution in [0, 0.1) is 0 Å². The van der Waals surface area contributed by atoms with Crippen LogP contribution in [0.5, 0.6) is 0 Å². The second-order valence-corrected chi connectivity index (χ2v) is 8.24. The van der Waals surface area contributed by atoms with E-state index in [1.807, 2.05) is 4.90 Å². The Labute approximate surface area is 115 Å². The summed E-state index contributed by atoms with van der Waals surface area (Å²) in [6.45, 7) is 1.62. The molecule has 1 aromatic rings. The smallest absolute Gasteiger partial charge is 0.270 e. The Hall–Kier alpha value is -0.590. The molecule has 1 aliphatic heterocycles. The molecule has 100 valence electrons. The second kappa shape index (κ2) is 5.59. The van der Waals surface area contributed by atoms with E-state index >= 15 is 0 Å². The van der Waals surface area contributed by atoms with E-state index in [1.54, 1.807) is 6.07 Å². The van der Waals surface area contributed by atoms with Crippen LogP contribution in [0.2, 0.25) is 0 Å². The minimum atomic E-state index is -3.68. The summed E-state index contributed by atoms with van der Waals surface area (Å²) in [6, 6.07) is 3.10. The number of nitrogens with zero attached hydrogens (tertiary/aromatic N) is 1. The van der Waals surface area contributed by atoms with E-state index in [2.05, 4.69) is 0 Å². The molecule has 0 atom stereocenters. The van der Waals surface area contributed by atoms with Crippen molar-refractivity contribution in [1.82, 2.24) is 4.90 Å². The molecule has 1 fully saturated rings. The lowest BCUT2D eigenvalue weighted by molar-refractivity contribution is -0.131. The van der Waals surface area contributed by atoms with Crippen molar-refractivity contribution in [2.75, 3.05) is 13.1 Å². The van der Waals surface area contributed by atoms with Crippen molar-refractivity contribution in [2.45, 2.75) is 29.9 Å². The molecule has 7 heteroatoms. The van der Waals surface area contributed by atoms with E-state index in [1.165, 1.54) is 12.5 Å². The molecule has 1 amide bonds. The standard InChI is InChI=1S/C11H14ClNO3S2/c12-18(15,16)11-5-4-9(17-11)8-10(14)13-6-2-1-3-7-13/h4-5H,1-3,6-8H2. The monoisotopic (exact) mass is 307 g/mol. The highest BCUT2D eigenvalue weighted by molar-refractivity contribution is 8.15. The van der Waals surface area contributed by atoms with Crippen molar-refractivity contribution in [1.29, 1.82) is 0 Å². The molecule has 1 saturated heterocycles. The van der Waals surface area contributed by atoms with Gasteiger partial charge in [-0.25, -0.2) is 8.42 Å².